The average Bonchev–Trinajstić information content (AvgIpc) is 3.13. The molecule has 2 aromatic rings. The van der Waals surface area contributed by atoms with E-state index in [-0.39, 0.29) is 16.2 Å². The molecule has 2 fully saturated rings. The molecule has 0 spiro atoms. The van der Waals surface area contributed by atoms with Crippen LogP contribution in [0.3, 0.4) is 0 Å². The molecule has 6 N–H and O–H groups in total. The Kier molecular flexibility index (Phi) is 14.1. The third-order valence-corrected chi connectivity index (χ3v) is 13.4. The molecule has 1 saturated carbocycles. The minimum absolute atomic E-state index is 0.0425. The first-order valence-corrected chi connectivity index (χ1v) is 21.7. The number of carbonyl (C=O) groups is 1. The van der Waals surface area contributed by atoms with Crippen molar-refractivity contribution in [2.75, 3.05) is 27.2 Å². The van der Waals surface area contributed by atoms with Crippen molar-refractivity contribution < 1.29 is 60.6 Å². The summed E-state index contributed by atoms with van der Waals surface area (Å²) in [6, 6.07) is 11.7. The summed E-state index contributed by atoms with van der Waals surface area (Å²) >= 11 is 0. The number of sulfonamides is 2. The van der Waals surface area contributed by atoms with E-state index in [9.17, 15) is 36.9 Å². The number of hydrogen-bond donors (Lipinski definition) is 6. The van der Waals surface area contributed by atoms with Crippen molar-refractivity contribution in [3.8, 4) is 0 Å². The first-order chi connectivity index (χ1) is 26.6. The standard InChI is InChI=1S/C38H56N4O13S2/c1-23-20-28(41-56(47,48)25-14-10-8-11-15-25)32(29(43)31(23)53-34-27(19-18-24(52-34)21-39-6)40-36(45)55-37(2,3)4)54-35-30(44)33(38(5,46)22-51-35)42(7)57(49,50)26-16-12-9-13-17-26/h8-18,23,27-35,39,41,43-44,46H,19-22H2,1-7H3,(H,40,45)/t23-,27+,28+,29-,30+,31+,32-,33?,34+,35+,38-/m0/s1. The van der Waals surface area contributed by atoms with E-state index in [0.717, 1.165) is 4.31 Å². The lowest BCUT2D eigenvalue weighted by molar-refractivity contribution is -0.310. The zero-order chi connectivity index (χ0) is 41.9. The predicted molar refractivity (Wildman–Crippen MR) is 206 cm³/mol. The molecule has 0 bridgehead atoms. The van der Waals surface area contributed by atoms with Gasteiger partial charge in [-0.15, -0.1) is 0 Å². The highest BCUT2D eigenvalue weighted by Gasteiger charge is 2.55. The molecule has 1 aliphatic carbocycles. The lowest BCUT2D eigenvalue weighted by Gasteiger charge is -2.50. The number of hydrogen-bond acceptors (Lipinski definition) is 14. The molecule has 2 heterocycles. The minimum atomic E-state index is -4.26. The highest BCUT2D eigenvalue weighted by molar-refractivity contribution is 7.89. The first-order valence-electron chi connectivity index (χ1n) is 18.8. The third kappa shape index (κ3) is 10.7. The largest absolute Gasteiger partial charge is 0.466 e. The molecule has 5 rings (SSSR count). The van der Waals surface area contributed by atoms with Crippen molar-refractivity contribution >= 4 is 26.1 Å². The van der Waals surface area contributed by atoms with Gasteiger partial charge in [-0.3, -0.25) is 0 Å². The highest BCUT2D eigenvalue weighted by Crippen LogP contribution is 2.37. The molecule has 11 atom stereocenters. The van der Waals surface area contributed by atoms with Crippen molar-refractivity contribution in [3.63, 3.8) is 0 Å². The number of alkyl carbamates (subject to hydrolysis) is 1. The van der Waals surface area contributed by atoms with Gasteiger partial charge in [0.05, 0.1) is 47.2 Å². The summed E-state index contributed by atoms with van der Waals surface area (Å²) < 4.78 is 88.4. The van der Waals surface area contributed by atoms with E-state index in [1.807, 2.05) is 0 Å². The van der Waals surface area contributed by atoms with Crippen LogP contribution in [-0.4, -0.2) is 136 Å². The highest BCUT2D eigenvalue weighted by atomic mass is 32.2. The molecular weight excluding hydrogens is 785 g/mol. The van der Waals surface area contributed by atoms with Gasteiger partial charge in [0.2, 0.25) is 26.3 Å². The first kappa shape index (κ1) is 44.9. The molecule has 1 unspecified atom stereocenters. The number of rotatable bonds is 13. The second kappa shape index (κ2) is 18.0. The number of aliphatic hydroxyl groups is 3. The summed E-state index contributed by atoms with van der Waals surface area (Å²) in [7, 11) is -5.51. The normalized spacial score (nSPS) is 32.6. The van der Waals surface area contributed by atoms with Crippen molar-refractivity contribution in [2.45, 2.75) is 124 Å². The minimum Gasteiger partial charge on any atom is -0.466 e. The predicted octanol–water partition coefficient (Wildman–Crippen LogP) is 1.41. The van der Waals surface area contributed by atoms with Gasteiger partial charge < -0.3 is 49.6 Å². The smallest absolute Gasteiger partial charge is 0.408 e. The molecule has 0 radical (unpaired) electrons. The van der Waals surface area contributed by atoms with E-state index in [1.165, 1.54) is 50.4 Å². The van der Waals surface area contributed by atoms with Gasteiger partial charge in [0.25, 0.3) is 0 Å². The quantitative estimate of drug-likeness (QED) is 0.168. The summed E-state index contributed by atoms with van der Waals surface area (Å²) in [5, 5.41) is 41.1. The van der Waals surface area contributed by atoms with E-state index < -0.39 is 105 Å². The fourth-order valence-electron chi connectivity index (χ4n) is 7.34. The van der Waals surface area contributed by atoms with E-state index in [2.05, 4.69) is 15.4 Å². The number of amides is 1. The number of carbonyl (C=O) groups excluding carboxylic acids is 1. The second-order valence-electron chi connectivity index (χ2n) is 15.9. The van der Waals surface area contributed by atoms with Gasteiger partial charge in [0, 0.05) is 7.05 Å². The van der Waals surface area contributed by atoms with Crippen LogP contribution in [-0.2, 0) is 43.7 Å². The number of aliphatic hydroxyl groups excluding tert-OH is 2. The zero-order valence-corrected chi connectivity index (χ0v) is 34.8. The SMILES string of the molecule is CNCC1=CC[C@@H](NC(=O)OC(C)(C)C)[C@@H](O[C@H]2[C@H](O)[C@@H](O[C@H]3OC[C@](C)(O)C(N(C)S(=O)(=O)c4ccccc4)[C@H]3O)[C@H](NS(=O)(=O)c3ccccc3)C[C@@H]2C)O1. The van der Waals surface area contributed by atoms with Gasteiger partial charge >= 0.3 is 6.09 Å². The lowest BCUT2D eigenvalue weighted by Crippen LogP contribution is -2.68. The number of nitrogens with one attached hydrogen (secondary N) is 3. The van der Waals surface area contributed by atoms with E-state index in [4.69, 9.17) is 23.7 Å². The molecule has 57 heavy (non-hydrogen) atoms. The number of nitrogens with zero attached hydrogens (tertiary/aromatic N) is 1. The van der Waals surface area contributed by atoms with Gasteiger partial charge in [-0.2, -0.15) is 4.31 Å². The molecule has 2 aliphatic heterocycles. The van der Waals surface area contributed by atoms with Gasteiger partial charge in [-0.05, 0) is 83.8 Å². The van der Waals surface area contributed by atoms with Gasteiger partial charge in [0.15, 0.2) is 6.29 Å². The fourth-order valence-corrected chi connectivity index (χ4v) is 10.1. The van der Waals surface area contributed by atoms with Crippen LogP contribution in [0.25, 0.3) is 0 Å². The van der Waals surface area contributed by atoms with Crippen LogP contribution in [0.2, 0.25) is 0 Å². The summed E-state index contributed by atoms with van der Waals surface area (Å²) in [6.07, 6.45) is -7.43. The maximum Gasteiger partial charge on any atom is 0.408 e. The van der Waals surface area contributed by atoms with Gasteiger partial charge in [-0.1, -0.05) is 43.3 Å². The number of benzene rings is 2. The molecular formula is C38H56N4O13S2. The molecule has 19 heteroatoms. The summed E-state index contributed by atoms with van der Waals surface area (Å²) in [5.41, 5.74) is -2.70. The Morgan fingerprint density at radius 1 is 0.930 bits per heavy atom. The molecule has 17 nitrogen and oxygen atoms in total. The van der Waals surface area contributed by atoms with Crippen molar-refractivity contribution in [1.82, 2.24) is 19.7 Å². The third-order valence-electron chi connectivity index (χ3n) is 10.0. The van der Waals surface area contributed by atoms with E-state index in [1.54, 1.807) is 65.1 Å². The van der Waals surface area contributed by atoms with E-state index in [0.29, 0.717) is 18.7 Å². The molecule has 0 aromatic heterocycles. The van der Waals surface area contributed by atoms with Crippen LogP contribution in [0.5, 0.6) is 0 Å². The van der Waals surface area contributed by atoms with Crippen molar-refractivity contribution in [2.24, 2.45) is 5.92 Å². The Balaban J connectivity index is 1.46. The van der Waals surface area contributed by atoms with Crippen LogP contribution in [0.1, 0.15) is 47.5 Å². The Bertz CT molecular complexity index is 1910. The monoisotopic (exact) mass is 840 g/mol. The maximum atomic E-state index is 13.7. The Morgan fingerprint density at radius 3 is 2.12 bits per heavy atom. The second-order valence-corrected chi connectivity index (χ2v) is 19.6. The van der Waals surface area contributed by atoms with Crippen molar-refractivity contribution in [3.05, 3.63) is 72.5 Å². The molecule has 1 amide bonds. The fraction of sp³-hybridized carbons (Fsp3) is 0.605. The topological polar surface area (TPSA) is 232 Å². The molecule has 2 aromatic carbocycles. The van der Waals surface area contributed by atoms with Crippen LogP contribution >= 0.6 is 0 Å². The van der Waals surface area contributed by atoms with Crippen LogP contribution in [0, 0.1) is 5.92 Å². The molecule has 3 aliphatic rings. The number of ether oxygens (including phenoxy) is 5. The Morgan fingerprint density at radius 2 is 1.53 bits per heavy atom. The molecule has 1 saturated heterocycles. The van der Waals surface area contributed by atoms with Crippen LogP contribution in [0.4, 0.5) is 4.79 Å². The lowest BCUT2D eigenvalue weighted by atomic mass is 9.80. The van der Waals surface area contributed by atoms with Gasteiger partial charge in [-0.25, -0.2) is 26.4 Å². The average molecular weight is 841 g/mol. The van der Waals surface area contributed by atoms with Crippen LogP contribution in [0.15, 0.2) is 82.3 Å². The van der Waals surface area contributed by atoms with Crippen molar-refractivity contribution in [1.29, 1.82) is 0 Å². The summed E-state index contributed by atoms with van der Waals surface area (Å²) in [6.45, 7) is 8.08. The Hall–Kier alpha value is -3.21. The maximum absolute atomic E-state index is 13.7. The van der Waals surface area contributed by atoms with Crippen LogP contribution < -0.4 is 15.4 Å². The summed E-state index contributed by atoms with van der Waals surface area (Å²) in [4.78, 5) is 12.7. The Labute approximate surface area is 334 Å². The zero-order valence-electron chi connectivity index (χ0n) is 33.1. The molecule has 318 valence electrons. The van der Waals surface area contributed by atoms with Gasteiger partial charge in [0.1, 0.15) is 35.3 Å². The van der Waals surface area contributed by atoms with E-state index >= 15 is 0 Å². The number of likely N-dealkylation sites (N-methyl/N-ethyl adjacent to an activating group) is 2. The summed E-state index contributed by atoms with van der Waals surface area (Å²) in [5.74, 6) is -0.0315.